The van der Waals surface area contributed by atoms with Gasteiger partial charge in [0, 0.05) is 37.5 Å². The van der Waals surface area contributed by atoms with E-state index in [-0.39, 0.29) is 5.91 Å². The van der Waals surface area contributed by atoms with Crippen LogP contribution in [0.25, 0.3) is 0 Å². The highest BCUT2D eigenvalue weighted by molar-refractivity contribution is 5.95. The molecular weight excluding hydrogens is 372 g/mol. The minimum absolute atomic E-state index is 0.162. The van der Waals surface area contributed by atoms with Crippen LogP contribution in [0.1, 0.15) is 17.3 Å². The zero-order chi connectivity index (χ0) is 21.1. The maximum Gasteiger partial charge on any atom is 0.251 e. The van der Waals surface area contributed by atoms with Gasteiger partial charge in [0.25, 0.3) is 5.91 Å². The van der Waals surface area contributed by atoms with Gasteiger partial charge in [-0.05, 0) is 37.3 Å². The third kappa shape index (κ3) is 6.60. The zero-order valence-electron chi connectivity index (χ0n) is 17.2. The van der Waals surface area contributed by atoms with Crippen LogP contribution in [0.4, 0.5) is 5.69 Å². The molecule has 156 valence electrons. The molecule has 0 radical (unpaired) electrons. The van der Waals surface area contributed by atoms with Crippen molar-refractivity contribution in [2.75, 3.05) is 46.3 Å². The van der Waals surface area contributed by atoms with E-state index in [4.69, 9.17) is 14.2 Å². The number of benzene rings is 2. The third-order valence-corrected chi connectivity index (χ3v) is 3.98. The Morgan fingerprint density at radius 3 is 2.48 bits per heavy atom. The normalized spacial score (nSPS) is 10.8. The number of anilines is 1. The minimum atomic E-state index is -0.162. The van der Waals surface area contributed by atoms with E-state index in [1.165, 1.54) is 0 Å². The van der Waals surface area contributed by atoms with E-state index in [0.29, 0.717) is 48.5 Å². The maximum absolute atomic E-state index is 12.2. The highest BCUT2D eigenvalue weighted by atomic mass is 16.5. The summed E-state index contributed by atoms with van der Waals surface area (Å²) in [6.45, 7) is 3.42. The Morgan fingerprint density at radius 2 is 1.79 bits per heavy atom. The smallest absolute Gasteiger partial charge is 0.251 e. The molecule has 0 aromatic heterocycles. The Kier molecular flexibility index (Phi) is 8.62. The molecule has 2 aromatic carbocycles. The molecule has 29 heavy (non-hydrogen) atoms. The number of methoxy groups -OCH3 is 2. The Balaban J connectivity index is 1.84. The lowest BCUT2D eigenvalue weighted by Gasteiger charge is -2.15. The molecule has 8 nitrogen and oxygen atoms in total. The molecule has 0 aliphatic rings. The van der Waals surface area contributed by atoms with Crippen LogP contribution in [0.15, 0.2) is 47.5 Å². The van der Waals surface area contributed by atoms with E-state index < -0.39 is 0 Å². The predicted molar refractivity (Wildman–Crippen MR) is 114 cm³/mol. The molecule has 0 spiro atoms. The summed E-state index contributed by atoms with van der Waals surface area (Å²) in [6.07, 6.45) is 0. The molecule has 8 heteroatoms. The molecular formula is C21H28N4O4. The third-order valence-electron chi connectivity index (χ3n) is 3.98. The Morgan fingerprint density at radius 1 is 1.00 bits per heavy atom. The van der Waals surface area contributed by atoms with Crippen LogP contribution < -0.4 is 30.2 Å². The quantitative estimate of drug-likeness (QED) is 0.340. The van der Waals surface area contributed by atoms with Crippen molar-refractivity contribution in [2.45, 2.75) is 6.92 Å². The molecule has 0 bridgehead atoms. The van der Waals surface area contributed by atoms with Crippen molar-refractivity contribution in [1.82, 2.24) is 10.6 Å². The SMILES string of the molecule is CCOc1ccc(NC(=NC)NCCNC(=O)c2cccc(OC)c2)cc1OC. The summed E-state index contributed by atoms with van der Waals surface area (Å²) < 4.78 is 16.0. The van der Waals surface area contributed by atoms with E-state index in [1.807, 2.05) is 25.1 Å². The van der Waals surface area contributed by atoms with E-state index in [9.17, 15) is 4.79 Å². The summed E-state index contributed by atoms with van der Waals surface area (Å²) in [6, 6.07) is 12.6. The van der Waals surface area contributed by atoms with Gasteiger partial charge in [0.1, 0.15) is 5.75 Å². The number of amides is 1. The standard InChI is InChI=1S/C21H28N4O4/c1-5-29-18-10-9-16(14-19(18)28-4)25-21(22-2)24-12-11-23-20(26)15-7-6-8-17(13-15)27-3/h6-10,13-14H,5,11-12H2,1-4H3,(H,23,26)(H2,22,24,25). The second-order valence-electron chi connectivity index (χ2n) is 5.91. The number of nitrogens with one attached hydrogen (secondary N) is 3. The molecule has 2 aromatic rings. The van der Waals surface area contributed by atoms with Gasteiger partial charge in [-0.2, -0.15) is 0 Å². The Hall–Kier alpha value is -3.42. The molecule has 0 atom stereocenters. The van der Waals surface area contributed by atoms with Gasteiger partial charge in [-0.3, -0.25) is 9.79 Å². The van der Waals surface area contributed by atoms with Gasteiger partial charge < -0.3 is 30.2 Å². The minimum Gasteiger partial charge on any atom is -0.497 e. The van der Waals surface area contributed by atoms with E-state index in [1.54, 1.807) is 45.5 Å². The van der Waals surface area contributed by atoms with Gasteiger partial charge in [-0.1, -0.05) is 6.07 Å². The highest BCUT2D eigenvalue weighted by Gasteiger charge is 2.08. The van der Waals surface area contributed by atoms with Crippen LogP contribution in [0.5, 0.6) is 17.2 Å². The van der Waals surface area contributed by atoms with Crippen LogP contribution in [0.2, 0.25) is 0 Å². The van der Waals surface area contributed by atoms with E-state index in [2.05, 4.69) is 20.9 Å². The zero-order valence-corrected chi connectivity index (χ0v) is 17.2. The highest BCUT2D eigenvalue weighted by Crippen LogP contribution is 2.30. The van der Waals surface area contributed by atoms with Gasteiger partial charge in [-0.15, -0.1) is 0 Å². The summed E-state index contributed by atoms with van der Waals surface area (Å²) in [5, 5.41) is 9.19. The fourth-order valence-corrected chi connectivity index (χ4v) is 2.56. The van der Waals surface area contributed by atoms with E-state index in [0.717, 1.165) is 5.69 Å². The number of carbonyl (C=O) groups is 1. The van der Waals surface area contributed by atoms with Crippen molar-refractivity contribution in [3.05, 3.63) is 48.0 Å². The second-order valence-corrected chi connectivity index (χ2v) is 5.91. The number of ether oxygens (including phenoxy) is 3. The molecule has 0 aliphatic carbocycles. The van der Waals surface area contributed by atoms with Crippen molar-refractivity contribution < 1.29 is 19.0 Å². The van der Waals surface area contributed by atoms with Crippen LogP contribution in [0.3, 0.4) is 0 Å². The van der Waals surface area contributed by atoms with Crippen LogP contribution >= 0.6 is 0 Å². The molecule has 0 saturated carbocycles. The average Bonchev–Trinajstić information content (AvgIpc) is 2.76. The fraction of sp³-hybridized carbons (Fsp3) is 0.333. The molecule has 2 rings (SSSR count). The summed E-state index contributed by atoms with van der Waals surface area (Å²) in [5.74, 6) is 2.38. The number of guanidine groups is 1. The summed E-state index contributed by atoms with van der Waals surface area (Å²) in [7, 11) is 4.84. The first-order valence-electron chi connectivity index (χ1n) is 9.32. The van der Waals surface area contributed by atoms with Crippen molar-refractivity contribution in [3.8, 4) is 17.2 Å². The van der Waals surface area contributed by atoms with Crippen molar-refractivity contribution >= 4 is 17.6 Å². The molecule has 0 unspecified atom stereocenters. The Bertz CT molecular complexity index is 839. The first-order chi connectivity index (χ1) is 14.1. The summed E-state index contributed by atoms with van der Waals surface area (Å²) >= 11 is 0. The van der Waals surface area contributed by atoms with E-state index >= 15 is 0 Å². The number of hydrogen-bond acceptors (Lipinski definition) is 5. The molecule has 0 heterocycles. The number of hydrogen-bond donors (Lipinski definition) is 3. The lowest BCUT2D eigenvalue weighted by Crippen LogP contribution is -2.37. The van der Waals surface area contributed by atoms with Gasteiger partial charge in [0.2, 0.25) is 0 Å². The van der Waals surface area contributed by atoms with Gasteiger partial charge >= 0.3 is 0 Å². The number of aliphatic imine (C=N–C) groups is 1. The molecule has 3 N–H and O–H groups in total. The summed E-state index contributed by atoms with van der Waals surface area (Å²) in [5.41, 5.74) is 1.35. The van der Waals surface area contributed by atoms with Crippen LogP contribution in [-0.4, -0.2) is 52.8 Å². The van der Waals surface area contributed by atoms with Crippen LogP contribution in [0, 0.1) is 0 Å². The monoisotopic (exact) mass is 400 g/mol. The lowest BCUT2D eigenvalue weighted by atomic mass is 10.2. The Labute approximate surface area is 171 Å². The molecule has 0 saturated heterocycles. The van der Waals surface area contributed by atoms with Crippen molar-refractivity contribution in [1.29, 1.82) is 0 Å². The lowest BCUT2D eigenvalue weighted by molar-refractivity contribution is 0.0954. The van der Waals surface area contributed by atoms with Crippen molar-refractivity contribution in [3.63, 3.8) is 0 Å². The van der Waals surface area contributed by atoms with Crippen LogP contribution in [-0.2, 0) is 0 Å². The number of nitrogens with zero attached hydrogens (tertiary/aromatic N) is 1. The second kappa shape index (κ2) is 11.4. The largest absolute Gasteiger partial charge is 0.497 e. The van der Waals surface area contributed by atoms with Crippen molar-refractivity contribution in [2.24, 2.45) is 4.99 Å². The predicted octanol–water partition coefficient (Wildman–Crippen LogP) is 2.52. The fourth-order valence-electron chi connectivity index (χ4n) is 2.56. The van der Waals surface area contributed by atoms with Gasteiger partial charge in [-0.25, -0.2) is 0 Å². The number of carbonyl (C=O) groups excluding carboxylic acids is 1. The van der Waals surface area contributed by atoms with Gasteiger partial charge in [0.15, 0.2) is 17.5 Å². The average molecular weight is 400 g/mol. The molecule has 0 aliphatic heterocycles. The maximum atomic E-state index is 12.2. The first kappa shape index (κ1) is 21.9. The first-order valence-corrected chi connectivity index (χ1v) is 9.32. The molecule has 1 amide bonds. The summed E-state index contributed by atoms with van der Waals surface area (Å²) in [4.78, 5) is 16.4. The molecule has 0 fully saturated rings. The number of rotatable bonds is 9. The topological polar surface area (TPSA) is 93.2 Å². The van der Waals surface area contributed by atoms with Gasteiger partial charge in [0.05, 0.1) is 20.8 Å².